The zero-order valence-electron chi connectivity index (χ0n) is 10.0. The Labute approximate surface area is 122 Å². The molecule has 0 saturated carbocycles. The Hall–Kier alpha value is -0.330. The van der Waals surface area contributed by atoms with E-state index in [4.69, 9.17) is 5.11 Å². The molecule has 0 aliphatic carbocycles. The number of benzene rings is 1. The first-order valence-electron chi connectivity index (χ1n) is 5.55. The van der Waals surface area contributed by atoms with Crippen LogP contribution in [0.1, 0.15) is 23.7 Å². The number of hydrogen-bond donors (Lipinski definition) is 1. The van der Waals surface area contributed by atoms with Gasteiger partial charge in [-0.3, -0.25) is 4.21 Å². The van der Waals surface area contributed by atoms with Gasteiger partial charge in [-0.2, -0.15) is 11.8 Å². The molecule has 0 amide bonds. The number of rotatable bonds is 7. The van der Waals surface area contributed by atoms with Crippen molar-refractivity contribution in [2.45, 2.75) is 18.2 Å². The van der Waals surface area contributed by atoms with Gasteiger partial charge >= 0.3 is 5.97 Å². The summed E-state index contributed by atoms with van der Waals surface area (Å²) < 4.78 is 12.5. The predicted molar refractivity (Wildman–Crippen MR) is 80.0 cm³/mol. The Bertz CT molecular complexity index is 449. The molecule has 0 heterocycles. The Morgan fingerprint density at radius 2 is 2.22 bits per heavy atom. The Morgan fingerprint density at radius 3 is 2.83 bits per heavy atom. The first kappa shape index (κ1) is 15.7. The average molecular weight is 351 g/mol. The van der Waals surface area contributed by atoms with Gasteiger partial charge in [-0.15, -0.1) is 0 Å². The maximum atomic E-state index is 12.0. The topological polar surface area (TPSA) is 54.4 Å². The SMILES string of the molecule is CCSCCCS(=O)c1ccc(Br)c(C(=O)O)c1. The highest BCUT2D eigenvalue weighted by atomic mass is 79.9. The maximum Gasteiger partial charge on any atom is 0.336 e. The lowest BCUT2D eigenvalue weighted by Gasteiger charge is -2.05. The molecule has 0 fully saturated rings. The van der Waals surface area contributed by atoms with E-state index in [1.807, 2.05) is 11.8 Å². The highest BCUT2D eigenvalue weighted by Gasteiger charge is 2.12. The van der Waals surface area contributed by atoms with E-state index in [2.05, 4.69) is 22.9 Å². The lowest BCUT2D eigenvalue weighted by atomic mass is 10.2. The van der Waals surface area contributed by atoms with Crippen molar-refractivity contribution < 1.29 is 14.1 Å². The van der Waals surface area contributed by atoms with Crippen LogP contribution in [-0.4, -0.2) is 32.5 Å². The molecule has 18 heavy (non-hydrogen) atoms. The normalized spacial score (nSPS) is 12.3. The zero-order chi connectivity index (χ0) is 13.5. The van der Waals surface area contributed by atoms with Crippen molar-refractivity contribution >= 4 is 44.5 Å². The van der Waals surface area contributed by atoms with Gasteiger partial charge in [-0.25, -0.2) is 4.79 Å². The molecule has 0 bridgehead atoms. The standard InChI is InChI=1S/C12H15BrO3S2/c1-2-17-6-3-7-18(16)9-4-5-11(13)10(8-9)12(14)15/h4-5,8H,2-3,6-7H2,1H3,(H,14,15). The molecule has 0 aliphatic heterocycles. The molecule has 1 atom stereocenters. The van der Waals surface area contributed by atoms with Crippen LogP contribution in [0, 0.1) is 0 Å². The number of carbonyl (C=O) groups is 1. The van der Waals surface area contributed by atoms with Gasteiger partial charge in [0.1, 0.15) is 0 Å². The van der Waals surface area contributed by atoms with Gasteiger partial charge in [0.05, 0.1) is 16.4 Å². The van der Waals surface area contributed by atoms with Crippen molar-refractivity contribution in [1.29, 1.82) is 0 Å². The van der Waals surface area contributed by atoms with Gasteiger partial charge in [0.15, 0.2) is 0 Å². The summed E-state index contributed by atoms with van der Waals surface area (Å²) in [5.41, 5.74) is 0.156. The van der Waals surface area contributed by atoms with Crippen LogP contribution in [-0.2, 0) is 10.8 Å². The summed E-state index contributed by atoms with van der Waals surface area (Å²) in [4.78, 5) is 11.5. The molecule has 1 unspecified atom stereocenters. The Kier molecular flexibility index (Phi) is 6.96. The molecular weight excluding hydrogens is 336 g/mol. The molecule has 1 rings (SSSR count). The summed E-state index contributed by atoms with van der Waals surface area (Å²) in [6.45, 7) is 2.09. The number of carboxylic acid groups (broad SMARTS) is 1. The van der Waals surface area contributed by atoms with Crippen LogP contribution in [0.4, 0.5) is 0 Å². The number of aromatic carboxylic acids is 1. The summed E-state index contributed by atoms with van der Waals surface area (Å²) in [5, 5.41) is 8.99. The molecule has 0 saturated heterocycles. The third kappa shape index (κ3) is 4.74. The lowest BCUT2D eigenvalue weighted by molar-refractivity contribution is 0.0695. The highest BCUT2D eigenvalue weighted by molar-refractivity contribution is 9.10. The molecule has 0 aromatic heterocycles. The third-order valence-electron chi connectivity index (χ3n) is 2.25. The van der Waals surface area contributed by atoms with Crippen molar-refractivity contribution in [3.05, 3.63) is 28.2 Å². The fraction of sp³-hybridized carbons (Fsp3) is 0.417. The minimum Gasteiger partial charge on any atom is -0.478 e. The molecule has 100 valence electrons. The van der Waals surface area contributed by atoms with E-state index in [1.54, 1.807) is 12.1 Å². The second-order valence-corrected chi connectivity index (χ2v) is 7.37. The number of halogens is 1. The molecular formula is C12H15BrO3S2. The minimum atomic E-state index is -1.12. The molecule has 3 nitrogen and oxygen atoms in total. The average Bonchev–Trinajstić information content (AvgIpc) is 2.34. The van der Waals surface area contributed by atoms with Crippen molar-refractivity contribution in [2.24, 2.45) is 0 Å². The largest absolute Gasteiger partial charge is 0.478 e. The molecule has 1 aromatic carbocycles. The second-order valence-electron chi connectivity index (χ2n) is 3.55. The van der Waals surface area contributed by atoms with E-state index in [0.29, 0.717) is 15.1 Å². The quantitative estimate of drug-likeness (QED) is 0.765. The fourth-order valence-electron chi connectivity index (χ4n) is 1.36. The summed E-state index contributed by atoms with van der Waals surface area (Å²) in [7, 11) is -1.12. The van der Waals surface area contributed by atoms with E-state index in [0.717, 1.165) is 17.9 Å². The van der Waals surface area contributed by atoms with Crippen molar-refractivity contribution in [3.63, 3.8) is 0 Å². The maximum absolute atomic E-state index is 12.0. The fourth-order valence-corrected chi connectivity index (χ4v) is 3.71. The van der Waals surface area contributed by atoms with Crippen LogP contribution in [0.5, 0.6) is 0 Å². The van der Waals surface area contributed by atoms with Crippen LogP contribution >= 0.6 is 27.7 Å². The summed E-state index contributed by atoms with van der Waals surface area (Å²) in [5.74, 6) is 1.62. The highest BCUT2D eigenvalue weighted by Crippen LogP contribution is 2.20. The molecule has 0 spiro atoms. The summed E-state index contributed by atoms with van der Waals surface area (Å²) >= 11 is 4.99. The van der Waals surface area contributed by atoms with Gasteiger partial charge in [-0.05, 0) is 52.1 Å². The number of thioether (sulfide) groups is 1. The molecule has 0 radical (unpaired) electrons. The van der Waals surface area contributed by atoms with E-state index in [1.165, 1.54) is 6.07 Å². The van der Waals surface area contributed by atoms with E-state index >= 15 is 0 Å². The molecule has 6 heteroatoms. The van der Waals surface area contributed by atoms with Crippen LogP contribution < -0.4 is 0 Å². The van der Waals surface area contributed by atoms with E-state index in [-0.39, 0.29) is 5.56 Å². The van der Waals surface area contributed by atoms with E-state index in [9.17, 15) is 9.00 Å². The van der Waals surface area contributed by atoms with Crippen molar-refractivity contribution in [2.75, 3.05) is 17.3 Å². The molecule has 1 aromatic rings. The van der Waals surface area contributed by atoms with Crippen LogP contribution in [0.15, 0.2) is 27.6 Å². The van der Waals surface area contributed by atoms with E-state index < -0.39 is 16.8 Å². The first-order valence-corrected chi connectivity index (χ1v) is 8.82. The Morgan fingerprint density at radius 1 is 1.50 bits per heavy atom. The van der Waals surface area contributed by atoms with Crippen molar-refractivity contribution in [1.82, 2.24) is 0 Å². The molecule has 0 aliphatic rings. The smallest absolute Gasteiger partial charge is 0.336 e. The van der Waals surface area contributed by atoms with Crippen molar-refractivity contribution in [3.8, 4) is 0 Å². The minimum absolute atomic E-state index is 0.156. The summed E-state index contributed by atoms with van der Waals surface area (Å²) in [6.07, 6.45) is 0.879. The van der Waals surface area contributed by atoms with Gasteiger partial charge in [0.25, 0.3) is 0 Å². The zero-order valence-corrected chi connectivity index (χ0v) is 13.2. The van der Waals surface area contributed by atoms with Crippen LogP contribution in [0.2, 0.25) is 0 Å². The lowest BCUT2D eigenvalue weighted by Crippen LogP contribution is -2.03. The van der Waals surface area contributed by atoms with Gasteiger partial charge in [0, 0.05) is 15.1 Å². The monoisotopic (exact) mass is 350 g/mol. The molecule has 1 N–H and O–H groups in total. The van der Waals surface area contributed by atoms with Crippen LogP contribution in [0.25, 0.3) is 0 Å². The number of carboxylic acids is 1. The number of hydrogen-bond acceptors (Lipinski definition) is 3. The first-order chi connectivity index (χ1) is 8.56. The third-order valence-corrected chi connectivity index (χ3v) is 5.37. The van der Waals surface area contributed by atoms with Gasteiger partial charge < -0.3 is 5.11 Å². The predicted octanol–water partition coefficient (Wildman–Crippen LogP) is 3.40. The van der Waals surface area contributed by atoms with Crippen LogP contribution in [0.3, 0.4) is 0 Å². The Balaban J connectivity index is 2.68. The summed E-state index contributed by atoms with van der Waals surface area (Å²) in [6, 6.07) is 4.83. The second kappa shape index (κ2) is 7.96. The van der Waals surface area contributed by atoms with Gasteiger partial charge in [0.2, 0.25) is 0 Å². The van der Waals surface area contributed by atoms with Gasteiger partial charge in [-0.1, -0.05) is 6.92 Å².